The second-order valence-electron chi connectivity index (χ2n) is 4.40. The van der Waals surface area contributed by atoms with Crippen LogP contribution in [0.15, 0.2) is 0 Å². The van der Waals surface area contributed by atoms with E-state index in [1.807, 2.05) is 0 Å². The summed E-state index contributed by atoms with van der Waals surface area (Å²) >= 11 is 0. The summed E-state index contributed by atoms with van der Waals surface area (Å²) in [5.74, 6) is -6.49. The molecule has 9 heteroatoms. The molecule has 0 aliphatic rings. The van der Waals surface area contributed by atoms with Gasteiger partial charge >= 0.3 is 17.9 Å². The Morgan fingerprint density at radius 3 is 1.95 bits per heavy atom. The Morgan fingerprint density at radius 1 is 1.09 bits per heavy atom. The first-order valence-corrected chi connectivity index (χ1v) is 6.55. The number of carboxylic acid groups (broad SMARTS) is 1. The van der Waals surface area contributed by atoms with Gasteiger partial charge in [0.2, 0.25) is 5.91 Å². The third kappa shape index (κ3) is 5.68. The molecule has 2 atom stereocenters. The highest BCUT2D eigenvalue weighted by Crippen LogP contribution is 2.19. The van der Waals surface area contributed by atoms with Crippen LogP contribution in [0.2, 0.25) is 0 Å². The van der Waals surface area contributed by atoms with E-state index >= 15 is 0 Å². The lowest BCUT2D eigenvalue weighted by Gasteiger charge is -2.25. The average molecular weight is 319 g/mol. The molecule has 0 fully saturated rings. The molecule has 126 valence electrons. The summed E-state index contributed by atoms with van der Waals surface area (Å²) in [6, 6.07) is -1.48. The Hall–Kier alpha value is -2.16. The largest absolute Gasteiger partial charge is 0.480 e. The minimum atomic E-state index is -1.48. The normalized spacial score (nSPS) is 13.1. The number of nitrogens with one attached hydrogen (secondary N) is 1. The lowest BCUT2D eigenvalue weighted by Crippen LogP contribution is -2.51. The van der Waals surface area contributed by atoms with Crippen molar-refractivity contribution in [2.45, 2.75) is 19.9 Å². The molecule has 0 unspecified atom stereocenters. The quantitative estimate of drug-likeness (QED) is 0.417. The number of carbonyl (C=O) groups excluding carboxylic acids is 3. The topological polar surface area (TPSA) is 128 Å². The second-order valence-corrected chi connectivity index (χ2v) is 4.40. The van der Waals surface area contributed by atoms with Crippen molar-refractivity contribution >= 4 is 23.8 Å². The highest BCUT2D eigenvalue weighted by molar-refractivity contribution is 5.96. The van der Waals surface area contributed by atoms with Crippen molar-refractivity contribution in [3.8, 4) is 0 Å². The van der Waals surface area contributed by atoms with Crippen molar-refractivity contribution in [2.24, 2.45) is 11.8 Å². The van der Waals surface area contributed by atoms with E-state index < -0.39 is 41.7 Å². The number of carboxylic acids is 1. The molecule has 0 heterocycles. The van der Waals surface area contributed by atoms with Crippen molar-refractivity contribution in [3.63, 3.8) is 0 Å². The summed E-state index contributed by atoms with van der Waals surface area (Å²) in [4.78, 5) is 46.3. The Balaban J connectivity index is 5.19. The number of aliphatic carboxylic acids is 1. The Morgan fingerprint density at radius 2 is 1.59 bits per heavy atom. The van der Waals surface area contributed by atoms with Gasteiger partial charge in [-0.2, -0.15) is 0 Å². The predicted molar refractivity (Wildman–Crippen MR) is 72.7 cm³/mol. The molecule has 2 N–H and O–H groups in total. The molecular formula is C13H21NO8. The van der Waals surface area contributed by atoms with Gasteiger partial charge in [0, 0.05) is 12.5 Å². The third-order valence-corrected chi connectivity index (χ3v) is 2.98. The third-order valence-electron chi connectivity index (χ3n) is 2.98. The molecule has 9 nitrogen and oxygen atoms in total. The molecular weight excluding hydrogens is 298 g/mol. The maximum absolute atomic E-state index is 11.7. The SMILES string of the molecule is CCOCC(=O)N[C@H](C(=O)O)[C@@H](C)C(C(=O)OC)C(=O)OC. The van der Waals surface area contributed by atoms with Gasteiger partial charge in [-0.25, -0.2) is 4.79 Å². The minimum absolute atomic E-state index is 0.285. The molecule has 0 spiro atoms. The highest BCUT2D eigenvalue weighted by Gasteiger charge is 2.41. The van der Waals surface area contributed by atoms with Gasteiger partial charge in [-0.1, -0.05) is 6.92 Å². The van der Waals surface area contributed by atoms with Crippen molar-refractivity contribution < 1.29 is 38.5 Å². The summed E-state index contributed by atoms with van der Waals surface area (Å²) in [7, 11) is 2.13. The number of methoxy groups -OCH3 is 2. The van der Waals surface area contributed by atoms with Crippen LogP contribution in [0.25, 0.3) is 0 Å². The van der Waals surface area contributed by atoms with Crippen LogP contribution < -0.4 is 5.32 Å². The van der Waals surface area contributed by atoms with E-state index in [1.54, 1.807) is 6.92 Å². The number of esters is 2. The fourth-order valence-electron chi connectivity index (χ4n) is 1.80. The minimum Gasteiger partial charge on any atom is -0.480 e. The molecule has 0 aliphatic carbocycles. The van der Waals surface area contributed by atoms with Crippen LogP contribution >= 0.6 is 0 Å². The van der Waals surface area contributed by atoms with E-state index in [1.165, 1.54) is 6.92 Å². The van der Waals surface area contributed by atoms with Gasteiger partial charge in [-0.05, 0) is 6.92 Å². The molecule has 0 radical (unpaired) electrons. The number of carbonyl (C=O) groups is 4. The average Bonchev–Trinajstić information content (AvgIpc) is 2.49. The highest BCUT2D eigenvalue weighted by atomic mass is 16.5. The van der Waals surface area contributed by atoms with E-state index in [4.69, 9.17) is 4.74 Å². The van der Waals surface area contributed by atoms with Gasteiger partial charge in [0.25, 0.3) is 0 Å². The Labute approximate surface area is 127 Å². The van der Waals surface area contributed by atoms with Crippen molar-refractivity contribution in [2.75, 3.05) is 27.4 Å². The molecule has 22 heavy (non-hydrogen) atoms. The van der Waals surface area contributed by atoms with Crippen LogP contribution in [0.4, 0.5) is 0 Å². The number of hydrogen-bond acceptors (Lipinski definition) is 7. The number of ether oxygens (including phenoxy) is 3. The van der Waals surface area contributed by atoms with Crippen LogP contribution in [0.1, 0.15) is 13.8 Å². The molecule has 0 aliphatic heterocycles. The van der Waals surface area contributed by atoms with Gasteiger partial charge in [0.1, 0.15) is 12.6 Å². The van der Waals surface area contributed by atoms with Crippen LogP contribution in [0.5, 0.6) is 0 Å². The van der Waals surface area contributed by atoms with Crippen LogP contribution in [-0.2, 0) is 33.4 Å². The van der Waals surface area contributed by atoms with Crippen LogP contribution in [0, 0.1) is 11.8 Å². The van der Waals surface area contributed by atoms with E-state index in [9.17, 15) is 24.3 Å². The first-order chi connectivity index (χ1) is 10.3. The summed E-state index contributed by atoms with van der Waals surface area (Å²) in [6.45, 7) is 2.97. The zero-order valence-electron chi connectivity index (χ0n) is 13.0. The van der Waals surface area contributed by atoms with Crippen molar-refractivity contribution in [1.82, 2.24) is 5.32 Å². The number of amides is 1. The first kappa shape index (κ1) is 19.8. The molecule has 0 aromatic heterocycles. The summed E-state index contributed by atoms with van der Waals surface area (Å²) in [6.07, 6.45) is 0. The van der Waals surface area contributed by atoms with Gasteiger partial charge in [-0.3, -0.25) is 14.4 Å². The van der Waals surface area contributed by atoms with Crippen LogP contribution in [-0.4, -0.2) is 62.4 Å². The van der Waals surface area contributed by atoms with Gasteiger partial charge < -0.3 is 24.6 Å². The van der Waals surface area contributed by atoms with Crippen LogP contribution in [0.3, 0.4) is 0 Å². The number of hydrogen-bond donors (Lipinski definition) is 2. The molecule has 0 bridgehead atoms. The Kier molecular flexibility index (Phi) is 8.76. The zero-order chi connectivity index (χ0) is 17.3. The molecule has 0 aromatic carbocycles. The standard InChI is InChI=1S/C13H21NO8/c1-5-22-6-8(15)14-10(11(16)17)7(2)9(12(18)20-3)13(19)21-4/h7,9-10H,5-6H2,1-4H3,(H,14,15)(H,16,17)/t7-,10-/m0/s1. The van der Waals surface area contributed by atoms with E-state index in [0.29, 0.717) is 0 Å². The predicted octanol–water partition coefficient (Wildman–Crippen LogP) is -0.809. The summed E-state index contributed by atoms with van der Waals surface area (Å²) in [5.41, 5.74) is 0. The molecule has 0 saturated carbocycles. The molecule has 0 saturated heterocycles. The van der Waals surface area contributed by atoms with Gasteiger partial charge in [0.15, 0.2) is 5.92 Å². The maximum atomic E-state index is 11.7. The monoisotopic (exact) mass is 319 g/mol. The lowest BCUT2D eigenvalue weighted by molar-refractivity contribution is -0.163. The fraction of sp³-hybridized carbons (Fsp3) is 0.692. The van der Waals surface area contributed by atoms with Crippen molar-refractivity contribution in [1.29, 1.82) is 0 Å². The summed E-state index contributed by atoms with van der Waals surface area (Å²) < 4.78 is 13.8. The fourth-order valence-corrected chi connectivity index (χ4v) is 1.80. The van der Waals surface area contributed by atoms with E-state index in [-0.39, 0.29) is 13.2 Å². The van der Waals surface area contributed by atoms with Gasteiger partial charge in [0.05, 0.1) is 14.2 Å². The molecule has 0 rings (SSSR count). The second kappa shape index (κ2) is 9.72. The zero-order valence-corrected chi connectivity index (χ0v) is 13.0. The van der Waals surface area contributed by atoms with E-state index in [0.717, 1.165) is 14.2 Å². The first-order valence-electron chi connectivity index (χ1n) is 6.55. The smallest absolute Gasteiger partial charge is 0.326 e. The number of rotatable bonds is 9. The van der Waals surface area contributed by atoms with Crippen molar-refractivity contribution in [3.05, 3.63) is 0 Å². The maximum Gasteiger partial charge on any atom is 0.326 e. The molecule has 1 amide bonds. The summed E-state index contributed by atoms with van der Waals surface area (Å²) in [5, 5.41) is 11.4. The Bertz CT molecular complexity index is 406. The van der Waals surface area contributed by atoms with E-state index in [2.05, 4.69) is 14.8 Å². The van der Waals surface area contributed by atoms with Gasteiger partial charge in [-0.15, -0.1) is 0 Å². The lowest BCUT2D eigenvalue weighted by atomic mass is 9.87. The molecule has 0 aromatic rings.